The molecular weight excluding hydrogens is 657 g/mol. The Morgan fingerprint density at radius 2 is 1.27 bits per heavy atom. The van der Waals surface area contributed by atoms with Crippen molar-refractivity contribution >= 4 is 60.1 Å². The number of nitrogens with one attached hydrogen (secondary N) is 1. The van der Waals surface area contributed by atoms with Crippen molar-refractivity contribution in [2.45, 2.75) is 22.8 Å². The van der Waals surface area contributed by atoms with E-state index in [1.807, 2.05) is 48.5 Å². The lowest BCUT2D eigenvalue weighted by atomic mass is 9.97. The fourth-order valence-corrected chi connectivity index (χ4v) is 8.14. The molecule has 0 aliphatic carbocycles. The Hall–Kier alpha value is -4.23. The predicted octanol–water partition coefficient (Wildman–Crippen LogP) is 6.27. The van der Waals surface area contributed by atoms with Gasteiger partial charge in [0.2, 0.25) is 21.8 Å². The highest BCUT2D eigenvalue weighted by Gasteiger charge is 2.48. The van der Waals surface area contributed by atoms with Crippen LogP contribution in [0.15, 0.2) is 119 Å². The summed E-state index contributed by atoms with van der Waals surface area (Å²) in [5.41, 5.74) is 2.65. The lowest BCUT2D eigenvalue weighted by Gasteiger charge is -2.28. The Balaban J connectivity index is 1.33. The van der Waals surface area contributed by atoms with E-state index in [2.05, 4.69) is 14.9 Å². The summed E-state index contributed by atoms with van der Waals surface area (Å²) in [7, 11) is -8.07. The number of sulfone groups is 1. The molecule has 1 N–H and O–H groups in total. The van der Waals surface area contributed by atoms with E-state index < -0.39 is 42.7 Å². The van der Waals surface area contributed by atoms with Crippen LogP contribution in [0.2, 0.25) is 10.0 Å². The number of aromatic nitrogens is 2. The minimum absolute atomic E-state index is 0.243. The first kappa shape index (κ1) is 30.8. The zero-order chi connectivity index (χ0) is 31.6. The second-order valence-corrected chi connectivity index (χ2v) is 14.9. The van der Waals surface area contributed by atoms with Crippen LogP contribution in [0.3, 0.4) is 0 Å². The van der Waals surface area contributed by atoms with Crippen molar-refractivity contribution in [3.05, 3.63) is 142 Å². The number of halogens is 2. The van der Waals surface area contributed by atoms with Crippen LogP contribution in [0.4, 0.5) is 11.4 Å². The van der Waals surface area contributed by atoms with Crippen molar-refractivity contribution in [2.75, 3.05) is 9.73 Å². The van der Waals surface area contributed by atoms with Gasteiger partial charge in [0.1, 0.15) is 22.8 Å². The molecule has 0 spiro atoms. The Bertz CT molecular complexity index is 2040. The molecule has 1 aliphatic heterocycles. The summed E-state index contributed by atoms with van der Waals surface area (Å²) in [6.45, 7) is 0. The first-order valence-electron chi connectivity index (χ1n) is 13.6. The van der Waals surface area contributed by atoms with Crippen LogP contribution < -0.4 is 9.73 Å². The van der Waals surface area contributed by atoms with Gasteiger partial charge < -0.3 is 4.42 Å². The zero-order valence-electron chi connectivity index (χ0n) is 23.4. The number of para-hydroxylation sites is 1. The Morgan fingerprint density at radius 3 is 1.89 bits per heavy atom. The molecule has 6 rings (SSSR count). The standard InChI is InChI=1S/C31H25Cl2N5O5S2/c32-23-13-11-22(12-14-23)30-31(29(21-7-3-1-4-8-21)36-38(30)26-9-5-2-6-10-26)44(39,40)19-27-34-35-28(43-27)20-45(41,42)37-25-17-15-24(33)16-18-25/h1-18,30-31,37H,19-20H2. The molecular formula is C31H25Cl2N5O5S2. The van der Waals surface area contributed by atoms with E-state index in [9.17, 15) is 16.8 Å². The smallest absolute Gasteiger partial charge is 0.241 e. The van der Waals surface area contributed by atoms with Crippen molar-refractivity contribution in [3.8, 4) is 0 Å². The van der Waals surface area contributed by atoms with Gasteiger partial charge in [-0.3, -0.25) is 9.73 Å². The topological polar surface area (TPSA) is 135 Å². The van der Waals surface area contributed by atoms with Gasteiger partial charge in [-0.05, 0) is 59.7 Å². The summed E-state index contributed by atoms with van der Waals surface area (Å²) < 4.78 is 62.2. The van der Waals surface area contributed by atoms with E-state index in [4.69, 9.17) is 32.7 Å². The van der Waals surface area contributed by atoms with Crippen LogP contribution in [0.5, 0.6) is 0 Å². The third-order valence-electron chi connectivity index (χ3n) is 6.99. The minimum atomic E-state index is -4.12. The van der Waals surface area contributed by atoms with Gasteiger partial charge in [0.25, 0.3) is 0 Å². The molecule has 0 radical (unpaired) electrons. The van der Waals surface area contributed by atoms with E-state index in [0.29, 0.717) is 38.3 Å². The maximum atomic E-state index is 14.4. The Morgan fingerprint density at radius 1 is 0.711 bits per heavy atom. The first-order chi connectivity index (χ1) is 21.6. The lowest BCUT2D eigenvalue weighted by molar-refractivity contribution is 0.471. The summed E-state index contributed by atoms with van der Waals surface area (Å²) in [6, 6.07) is 30.6. The average molecular weight is 683 g/mol. The van der Waals surface area contributed by atoms with E-state index in [0.717, 1.165) is 0 Å². The highest BCUT2D eigenvalue weighted by molar-refractivity contribution is 7.92. The number of sulfonamides is 1. The predicted molar refractivity (Wildman–Crippen MR) is 175 cm³/mol. The molecule has 14 heteroatoms. The molecule has 10 nitrogen and oxygen atoms in total. The summed E-state index contributed by atoms with van der Waals surface area (Å²) in [5.74, 6) is -1.80. The highest BCUT2D eigenvalue weighted by atomic mass is 35.5. The largest absolute Gasteiger partial charge is 0.423 e. The minimum Gasteiger partial charge on any atom is -0.423 e. The molecule has 2 unspecified atom stereocenters. The van der Waals surface area contributed by atoms with Crippen molar-refractivity contribution in [3.63, 3.8) is 0 Å². The second kappa shape index (κ2) is 12.6. The van der Waals surface area contributed by atoms with Gasteiger partial charge in [0.15, 0.2) is 9.84 Å². The normalized spacial score (nSPS) is 16.8. The van der Waals surface area contributed by atoms with Gasteiger partial charge in [0, 0.05) is 15.7 Å². The van der Waals surface area contributed by atoms with Crippen LogP contribution in [0.1, 0.15) is 29.0 Å². The maximum absolute atomic E-state index is 14.4. The Kier molecular flexibility index (Phi) is 8.65. The third kappa shape index (κ3) is 7.04. The van der Waals surface area contributed by atoms with E-state index in [1.165, 1.54) is 12.1 Å². The van der Waals surface area contributed by atoms with Crippen LogP contribution in [0.25, 0.3) is 0 Å². The number of benzene rings is 4. The molecule has 2 heterocycles. The summed E-state index contributed by atoms with van der Waals surface area (Å²) in [5, 5.41) is 14.1. The second-order valence-electron chi connectivity index (χ2n) is 10.2. The molecule has 0 amide bonds. The summed E-state index contributed by atoms with van der Waals surface area (Å²) in [6.07, 6.45) is 0. The van der Waals surface area contributed by atoms with Crippen LogP contribution >= 0.6 is 23.2 Å². The zero-order valence-corrected chi connectivity index (χ0v) is 26.5. The van der Waals surface area contributed by atoms with E-state index in [1.54, 1.807) is 53.5 Å². The van der Waals surface area contributed by atoms with Gasteiger partial charge in [-0.1, -0.05) is 83.9 Å². The van der Waals surface area contributed by atoms with Crippen molar-refractivity contribution < 1.29 is 21.3 Å². The number of hydrogen-bond donors (Lipinski definition) is 1. The van der Waals surface area contributed by atoms with Crippen molar-refractivity contribution in [2.24, 2.45) is 5.10 Å². The summed E-state index contributed by atoms with van der Waals surface area (Å²) in [4.78, 5) is 0. The fourth-order valence-electron chi connectivity index (χ4n) is 5.05. The highest BCUT2D eigenvalue weighted by Crippen LogP contribution is 2.41. The van der Waals surface area contributed by atoms with Gasteiger partial charge in [-0.25, -0.2) is 16.8 Å². The van der Waals surface area contributed by atoms with Gasteiger partial charge in [-0.15, -0.1) is 10.2 Å². The number of rotatable bonds is 10. The lowest BCUT2D eigenvalue weighted by Crippen LogP contribution is -2.37. The number of hydrazone groups is 1. The SMILES string of the molecule is O=S(=O)(Cc1nnc(CS(=O)(=O)C2C(c3ccccc3)=NN(c3ccccc3)C2c2ccc(Cl)cc2)o1)Nc1ccc(Cl)cc1. The van der Waals surface area contributed by atoms with Crippen molar-refractivity contribution in [1.29, 1.82) is 0 Å². The van der Waals surface area contributed by atoms with Crippen LogP contribution in [0, 0.1) is 0 Å². The molecule has 0 bridgehead atoms. The molecule has 2 atom stereocenters. The quantitative estimate of drug-likeness (QED) is 0.182. The molecule has 45 heavy (non-hydrogen) atoms. The fraction of sp³-hybridized carbons (Fsp3) is 0.129. The molecule has 0 saturated heterocycles. The molecule has 1 aromatic heterocycles. The molecule has 1 aliphatic rings. The number of nitrogens with zero attached hydrogens (tertiary/aromatic N) is 4. The molecule has 0 fully saturated rings. The third-order valence-corrected chi connectivity index (χ3v) is 10.6. The maximum Gasteiger partial charge on any atom is 0.241 e. The number of hydrogen-bond acceptors (Lipinski definition) is 9. The van der Waals surface area contributed by atoms with Gasteiger partial charge in [-0.2, -0.15) is 5.10 Å². The first-order valence-corrected chi connectivity index (χ1v) is 17.7. The molecule has 0 saturated carbocycles. The van der Waals surface area contributed by atoms with Crippen molar-refractivity contribution in [1.82, 2.24) is 10.2 Å². The Labute approximate surface area is 270 Å². The number of anilines is 2. The monoisotopic (exact) mass is 681 g/mol. The average Bonchev–Trinajstić information content (AvgIpc) is 3.64. The van der Waals surface area contributed by atoms with Gasteiger partial charge in [0.05, 0.1) is 11.4 Å². The van der Waals surface area contributed by atoms with Crippen LogP contribution in [-0.2, 0) is 31.4 Å². The molecule has 5 aromatic rings. The van der Waals surface area contributed by atoms with Crippen LogP contribution in [-0.4, -0.2) is 38.0 Å². The van der Waals surface area contributed by atoms with Gasteiger partial charge >= 0.3 is 0 Å². The molecule has 230 valence electrons. The van der Waals surface area contributed by atoms with E-state index in [-0.39, 0.29) is 11.8 Å². The van der Waals surface area contributed by atoms with E-state index >= 15 is 0 Å². The summed E-state index contributed by atoms with van der Waals surface area (Å²) >= 11 is 12.1. The molecule has 4 aromatic carbocycles.